The Hall–Kier alpha value is -1.75. The van der Waals surface area contributed by atoms with Gasteiger partial charge in [0.2, 0.25) is 11.8 Å². The van der Waals surface area contributed by atoms with Gasteiger partial charge in [-0.05, 0) is 42.8 Å². The summed E-state index contributed by atoms with van der Waals surface area (Å²) in [4.78, 5) is 26.4. The Kier molecular flexibility index (Phi) is 5.23. The second kappa shape index (κ2) is 7.24. The van der Waals surface area contributed by atoms with Crippen LogP contribution in [0.3, 0.4) is 0 Å². The Bertz CT molecular complexity index is 854. The van der Waals surface area contributed by atoms with Gasteiger partial charge < -0.3 is 10.2 Å². The summed E-state index contributed by atoms with van der Waals surface area (Å²) in [5.74, 6) is -0.849. The standard InChI is InChI=1S/C18H15Cl3N2O2/c1-10-2-4-13(8-15(10)21)23-9-11(6-17(23)24)18(25)22-16-7-12(19)3-5-14(16)20/h2-5,7-8,11H,6,9H2,1H3,(H,22,25)/t11-/m0/s1. The highest BCUT2D eigenvalue weighted by molar-refractivity contribution is 6.35. The van der Waals surface area contributed by atoms with Crippen LogP contribution in [-0.2, 0) is 9.59 Å². The molecule has 0 spiro atoms. The number of carbonyl (C=O) groups is 2. The van der Waals surface area contributed by atoms with E-state index in [1.807, 2.05) is 19.1 Å². The van der Waals surface area contributed by atoms with Gasteiger partial charge in [0.1, 0.15) is 0 Å². The predicted molar refractivity (Wildman–Crippen MR) is 102 cm³/mol. The van der Waals surface area contributed by atoms with Crippen molar-refractivity contribution in [3.8, 4) is 0 Å². The molecule has 1 heterocycles. The number of carbonyl (C=O) groups excluding carboxylic acids is 2. The highest BCUT2D eigenvalue weighted by Gasteiger charge is 2.35. The van der Waals surface area contributed by atoms with E-state index in [1.54, 1.807) is 29.2 Å². The van der Waals surface area contributed by atoms with E-state index in [-0.39, 0.29) is 18.2 Å². The third-order valence-electron chi connectivity index (χ3n) is 4.15. The van der Waals surface area contributed by atoms with Crippen LogP contribution in [0, 0.1) is 12.8 Å². The number of halogens is 3. The van der Waals surface area contributed by atoms with E-state index in [4.69, 9.17) is 34.8 Å². The van der Waals surface area contributed by atoms with Gasteiger partial charge >= 0.3 is 0 Å². The van der Waals surface area contributed by atoms with Gasteiger partial charge in [-0.3, -0.25) is 9.59 Å². The first kappa shape index (κ1) is 18.1. The Balaban J connectivity index is 1.74. The van der Waals surface area contributed by atoms with Gasteiger partial charge in [-0.25, -0.2) is 0 Å². The van der Waals surface area contributed by atoms with E-state index in [2.05, 4.69) is 5.32 Å². The molecule has 0 aromatic heterocycles. The number of anilines is 2. The lowest BCUT2D eigenvalue weighted by Crippen LogP contribution is -2.28. The lowest BCUT2D eigenvalue weighted by molar-refractivity contribution is -0.122. The second-order valence-corrected chi connectivity index (χ2v) is 7.20. The fourth-order valence-electron chi connectivity index (χ4n) is 2.71. The third-order valence-corrected chi connectivity index (χ3v) is 5.12. The summed E-state index contributed by atoms with van der Waals surface area (Å²) in [5, 5.41) is 4.20. The minimum atomic E-state index is -0.470. The van der Waals surface area contributed by atoms with Crippen LogP contribution in [0.1, 0.15) is 12.0 Å². The number of benzene rings is 2. The molecule has 25 heavy (non-hydrogen) atoms. The number of nitrogens with zero attached hydrogens (tertiary/aromatic N) is 1. The van der Waals surface area contributed by atoms with Crippen LogP contribution in [0.15, 0.2) is 36.4 Å². The maximum absolute atomic E-state index is 12.5. The SMILES string of the molecule is Cc1ccc(N2C[C@@H](C(=O)Nc3cc(Cl)ccc3Cl)CC2=O)cc1Cl. The van der Waals surface area contributed by atoms with Crippen molar-refractivity contribution >= 4 is 58.0 Å². The van der Waals surface area contributed by atoms with Crippen LogP contribution in [0.25, 0.3) is 0 Å². The molecule has 1 atom stereocenters. The molecule has 1 aliphatic heterocycles. The molecule has 2 amide bonds. The van der Waals surface area contributed by atoms with Crippen molar-refractivity contribution in [2.75, 3.05) is 16.8 Å². The summed E-state index contributed by atoms with van der Waals surface area (Å²) >= 11 is 18.1. The van der Waals surface area contributed by atoms with Gasteiger partial charge in [0.15, 0.2) is 0 Å². The normalized spacial score (nSPS) is 17.0. The average Bonchev–Trinajstić information content (AvgIpc) is 2.95. The molecule has 7 heteroatoms. The lowest BCUT2D eigenvalue weighted by Gasteiger charge is -2.17. The maximum atomic E-state index is 12.5. The molecule has 130 valence electrons. The van der Waals surface area contributed by atoms with E-state index >= 15 is 0 Å². The smallest absolute Gasteiger partial charge is 0.229 e. The van der Waals surface area contributed by atoms with Crippen LogP contribution in [0.5, 0.6) is 0 Å². The number of amides is 2. The Morgan fingerprint density at radius 1 is 1.12 bits per heavy atom. The molecule has 4 nitrogen and oxygen atoms in total. The van der Waals surface area contributed by atoms with Gasteiger partial charge in [-0.2, -0.15) is 0 Å². The molecule has 0 saturated carbocycles. The molecule has 1 N–H and O–H groups in total. The number of aryl methyl sites for hydroxylation is 1. The number of nitrogens with one attached hydrogen (secondary N) is 1. The molecule has 0 radical (unpaired) electrons. The van der Waals surface area contributed by atoms with Crippen molar-refractivity contribution in [3.05, 3.63) is 57.0 Å². The Morgan fingerprint density at radius 2 is 1.88 bits per heavy atom. The highest BCUT2D eigenvalue weighted by Crippen LogP contribution is 2.31. The van der Waals surface area contributed by atoms with Crippen LogP contribution in [0.4, 0.5) is 11.4 Å². The minimum Gasteiger partial charge on any atom is -0.324 e. The Labute approximate surface area is 160 Å². The van der Waals surface area contributed by atoms with Gasteiger partial charge in [-0.15, -0.1) is 0 Å². The summed E-state index contributed by atoms with van der Waals surface area (Å²) in [6.07, 6.45) is 0.134. The summed E-state index contributed by atoms with van der Waals surface area (Å²) in [7, 11) is 0. The van der Waals surface area contributed by atoms with Crippen LogP contribution in [0.2, 0.25) is 15.1 Å². The fraction of sp³-hybridized carbons (Fsp3) is 0.222. The molecule has 2 aromatic rings. The van der Waals surface area contributed by atoms with Gasteiger partial charge in [0.25, 0.3) is 0 Å². The predicted octanol–water partition coefficient (Wildman–Crippen LogP) is 4.95. The van der Waals surface area contributed by atoms with E-state index in [9.17, 15) is 9.59 Å². The highest BCUT2D eigenvalue weighted by atomic mass is 35.5. The van der Waals surface area contributed by atoms with Crippen molar-refractivity contribution in [1.29, 1.82) is 0 Å². The first-order valence-corrected chi connectivity index (χ1v) is 8.81. The molecular weight excluding hydrogens is 383 g/mol. The molecule has 0 bridgehead atoms. The minimum absolute atomic E-state index is 0.114. The molecule has 3 rings (SSSR count). The van der Waals surface area contributed by atoms with Gasteiger partial charge in [-0.1, -0.05) is 40.9 Å². The fourth-order valence-corrected chi connectivity index (χ4v) is 3.22. The Morgan fingerprint density at radius 3 is 2.60 bits per heavy atom. The van der Waals surface area contributed by atoms with Crippen molar-refractivity contribution in [2.45, 2.75) is 13.3 Å². The third kappa shape index (κ3) is 3.92. The summed E-state index contributed by atoms with van der Waals surface area (Å²) < 4.78 is 0. The van der Waals surface area contributed by atoms with E-state index in [0.717, 1.165) is 5.56 Å². The monoisotopic (exact) mass is 396 g/mol. The zero-order chi connectivity index (χ0) is 18.1. The second-order valence-electron chi connectivity index (χ2n) is 5.95. The maximum Gasteiger partial charge on any atom is 0.229 e. The zero-order valence-corrected chi connectivity index (χ0v) is 15.6. The van der Waals surface area contributed by atoms with E-state index < -0.39 is 5.92 Å². The molecule has 0 aliphatic carbocycles. The molecule has 2 aromatic carbocycles. The van der Waals surface area contributed by atoms with E-state index in [0.29, 0.717) is 33.0 Å². The van der Waals surface area contributed by atoms with Crippen molar-refractivity contribution < 1.29 is 9.59 Å². The van der Waals surface area contributed by atoms with Crippen molar-refractivity contribution in [1.82, 2.24) is 0 Å². The number of hydrogen-bond acceptors (Lipinski definition) is 2. The number of rotatable bonds is 3. The summed E-state index contributed by atoms with van der Waals surface area (Å²) in [6, 6.07) is 10.2. The first-order chi connectivity index (χ1) is 11.8. The topological polar surface area (TPSA) is 49.4 Å². The molecule has 1 aliphatic rings. The lowest BCUT2D eigenvalue weighted by atomic mass is 10.1. The zero-order valence-electron chi connectivity index (χ0n) is 13.4. The van der Waals surface area contributed by atoms with Crippen LogP contribution in [-0.4, -0.2) is 18.4 Å². The van der Waals surface area contributed by atoms with Gasteiger partial charge in [0, 0.05) is 28.7 Å². The quantitative estimate of drug-likeness (QED) is 0.797. The summed E-state index contributed by atoms with van der Waals surface area (Å²) in [5.41, 5.74) is 2.06. The molecule has 0 unspecified atom stereocenters. The molecule has 1 saturated heterocycles. The molecule has 1 fully saturated rings. The van der Waals surface area contributed by atoms with Gasteiger partial charge in [0.05, 0.1) is 16.6 Å². The summed E-state index contributed by atoms with van der Waals surface area (Å²) in [6.45, 7) is 2.19. The van der Waals surface area contributed by atoms with Crippen LogP contribution < -0.4 is 10.2 Å². The van der Waals surface area contributed by atoms with Crippen molar-refractivity contribution in [2.24, 2.45) is 5.92 Å². The molecular formula is C18H15Cl3N2O2. The average molecular weight is 398 g/mol. The van der Waals surface area contributed by atoms with E-state index in [1.165, 1.54) is 0 Å². The first-order valence-electron chi connectivity index (χ1n) is 7.67. The van der Waals surface area contributed by atoms with Crippen molar-refractivity contribution in [3.63, 3.8) is 0 Å². The van der Waals surface area contributed by atoms with Crippen LogP contribution >= 0.6 is 34.8 Å². The largest absolute Gasteiger partial charge is 0.324 e. The number of hydrogen-bond donors (Lipinski definition) is 1.